The Morgan fingerprint density at radius 2 is 2.00 bits per heavy atom. The van der Waals surface area contributed by atoms with Crippen molar-refractivity contribution in [1.82, 2.24) is 19.5 Å². The van der Waals surface area contributed by atoms with E-state index in [1.807, 2.05) is 13.8 Å². The molecule has 2 aromatic heterocycles. The second kappa shape index (κ2) is 7.05. The number of fused-ring (bicyclic) bond motifs is 2. The Kier molecular flexibility index (Phi) is 4.66. The number of halogens is 3. The minimum atomic E-state index is -4.18. The molecule has 0 bridgehead atoms. The number of nitrogens with one attached hydrogen (secondary N) is 1. The average molecular weight is 437 g/mol. The highest BCUT2D eigenvalue weighted by atomic mass is 19.4. The van der Waals surface area contributed by atoms with Crippen molar-refractivity contribution in [3.8, 4) is 12.3 Å². The molecule has 0 radical (unpaired) electrons. The molecule has 0 amide bonds. The minimum Gasteiger partial charge on any atom is -0.351 e. The van der Waals surface area contributed by atoms with Crippen molar-refractivity contribution < 1.29 is 27.4 Å². The number of imidazole rings is 1. The maximum absolute atomic E-state index is 13.0. The Balaban J connectivity index is 1.40. The third-order valence-electron chi connectivity index (χ3n) is 6.01. The zero-order valence-corrected chi connectivity index (χ0v) is 17.0. The van der Waals surface area contributed by atoms with E-state index in [1.165, 1.54) is 6.20 Å². The lowest BCUT2D eigenvalue weighted by Crippen LogP contribution is -2.28. The van der Waals surface area contributed by atoms with Crippen molar-refractivity contribution in [3.05, 3.63) is 12.5 Å². The lowest BCUT2D eigenvalue weighted by Gasteiger charge is -2.23. The van der Waals surface area contributed by atoms with Crippen LogP contribution in [0, 0.1) is 18.3 Å². The number of nitrogens with zero attached hydrogens (tertiary/aromatic N) is 4. The summed E-state index contributed by atoms with van der Waals surface area (Å²) in [4.78, 5) is 13.0. The molecular weight excluding hydrogens is 415 g/mol. The summed E-state index contributed by atoms with van der Waals surface area (Å²) in [6, 6.07) is -0.342. The molecule has 1 aliphatic carbocycles. The standard InChI is InChI=1S/C20H22F3N5O3/c1-4-13-14-15(31-19(2,3)30-14)17(29-13)28-9-25-12-8-24-18(27-16(12)28)26-11-6-5-10(7-11)20(21,22)23/h1,8-11,13-15,17H,5-7H2,2-3H3,(H,24,26,27)/t10?,11?,13-,14-,15-,17-/m1/s1. The van der Waals surface area contributed by atoms with Gasteiger partial charge in [-0.25, -0.2) is 9.97 Å². The van der Waals surface area contributed by atoms with E-state index in [0.29, 0.717) is 17.6 Å². The number of rotatable bonds is 3. The number of ether oxygens (including phenoxy) is 3. The Morgan fingerprint density at radius 1 is 1.23 bits per heavy atom. The first-order valence-electron chi connectivity index (χ1n) is 10.1. The van der Waals surface area contributed by atoms with Gasteiger partial charge in [-0.2, -0.15) is 18.2 Å². The van der Waals surface area contributed by atoms with Gasteiger partial charge in [0, 0.05) is 6.04 Å². The smallest absolute Gasteiger partial charge is 0.351 e. The van der Waals surface area contributed by atoms with Crippen molar-refractivity contribution >= 4 is 17.1 Å². The molecule has 2 unspecified atom stereocenters. The van der Waals surface area contributed by atoms with Gasteiger partial charge >= 0.3 is 6.18 Å². The molecule has 5 rings (SSSR count). The van der Waals surface area contributed by atoms with Crippen molar-refractivity contribution in [2.24, 2.45) is 5.92 Å². The molecule has 1 N–H and O–H groups in total. The van der Waals surface area contributed by atoms with Gasteiger partial charge in [-0.3, -0.25) is 4.57 Å². The summed E-state index contributed by atoms with van der Waals surface area (Å²) in [7, 11) is 0. The molecular formula is C20H22F3N5O3. The minimum absolute atomic E-state index is 0.00373. The maximum atomic E-state index is 13.0. The number of terminal acetylenes is 1. The molecule has 1 saturated carbocycles. The van der Waals surface area contributed by atoms with Crippen LogP contribution in [-0.4, -0.2) is 55.8 Å². The molecule has 6 atom stereocenters. The third-order valence-corrected chi connectivity index (χ3v) is 6.01. The number of alkyl halides is 3. The fourth-order valence-corrected chi connectivity index (χ4v) is 4.61. The van der Waals surface area contributed by atoms with Crippen LogP contribution in [0.1, 0.15) is 39.3 Å². The first-order chi connectivity index (χ1) is 14.6. The number of hydrogen-bond acceptors (Lipinski definition) is 7. The lowest BCUT2D eigenvalue weighted by atomic mass is 10.1. The molecule has 2 aliphatic heterocycles. The second-order valence-electron chi connectivity index (χ2n) is 8.63. The van der Waals surface area contributed by atoms with Gasteiger partial charge in [0.25, 0.3) is 0 Å². The normalized spacial score (nSPS) is 34.7. The van der Waals surface area contributed by atoms with Crippen LogP contribution >= 0.6 is 0 Å². The molecule has 3 fully saturated rings. The van der Waals surface area contributed by atoms with Gasteiger partial charge in [0.15, 0.2) is 17.7 Å². The summed E-state index contributed by atoms with van der Waals surface area (Å²) < 4.78 is 58.5. The predicted octanol–water partition coefficient (Wildman–Crippen LogP) is 3.02. The summed E-state index contributed by atoms with van der Waals surface area (Å²) in [6.45, 7) is 3.62. The van der Waals surface area contributed by atoms with Crippen LogP contribution < -0.4 is 5.32 Å². The second-order valence-corrected chi connectivity index (χ2v) is 8.63. The van der Waals surface area contributed by atoms with Gasteiger partial charge in [0.1, 0.15) is 23.8 Å². The van der Waals surface area contributed by atoms with E-state index in [0.717, 1.165) is 0 Å². The summed E-state index contributed by atoms with van der Waals surface area (Å²) in [5, 5.41) is 3.03. The van der Waals surface area contributed by atoms with E-state index in [-0.39, 0.29) is 24.8 Å². The summed E-state index contributed by atoms with van der Waals surface area (Å²) in [5.74, 6) is 0.733. The Bertz CT molecular complexity index is 1030. The highest BCUT2D eigenvalue weighted by Crippen LogP contribution is 2.43. The molecule has 166 valence electrons. The molecule has 2 aromatic rings. The molecule has 0 aromatic carbocycles. The molecule has 31 heavy (non-hydrogen) atoms. The van der Waals surface area contributed by atoms with E-state index in [2.05, 4.69) is 26.2 Å². The van der Waals surface area contributed by atoms with E-state index >= 15 is 0 Å². The average Bonchev–Trinajstić information content (AvgIpc) is 3.43. The van der Waals surface area contributed by atoms with Crippen molar-refractivity contribution in [2.45, 2.75) is 75.7 Å². The maximum Gasteiger partial charge on any atom is 0.391 e. The SMILES string of the molecule is C#C[C@H]1O[C@@H](n2cnc3cnc(NC4CCC(C(F)(F)F)C4)nc32)[C@@H]2OC(C)(C)O[C@@H]21. The topological polar surface area (TPSA) is 83.3 Å². The molecule has 4 heterocycles. The number of hydrogen-bond donors (Lipinski definition) is 1. The van der Waals surface area contributed by atoms with Crippen molar-refractivity contribution in [1.29, 1.82) is 0 Å². The monoisotopic (exact) mass is 437 g/mol. The van der Waals surface area contributed by atoms with Gasteiger partial charge < -0.3 is 19.5 Å². The van der Waals surface area contributed by atoms with Crippen LogP contribution in [0.15, 0.2) is 12.5 Å². The predicted molar refractivity (Wildman–Crippen MR) is 103 cm³/mol. The van der Waals surface area contributed by atoms with Crippen LogP contribution in [0.5, 0.6) is 0 Å². The summed E-state index contributed by atoms with van der Waals surface area (Å²) in [5.41, 5.74) is 0.991. The highest BCUT2D eigenvalue weighted by molar-refractivity contribution is 5.71. The Hall–Kier alpha value is -2.42. The van der Waals surface area contributed by atoms with Crippen LogP contribution in [0.3, 0.4) is 0 Å². The third kappa shape index (κ3) is 3.62. The molecule has 2 saturated heterocycles. The first-order valence-corrected chi connectivity index (χ1v) is 10.1. The van der Waals surface area contributed by atoms with Gasteiger partial charge in [-0.15, -0.1) is 6.42 Å². The first kappa shape index (κ1) is 20.5. The Morgan fingerprint density at radius 3 is 2.71 bits per heavy atom. The van der Waals surface area contributed by atoms with E-state index < -0.39 is 42.4 Å². The van der Waals surface area contributed by atoms with E-state index in [9.17, 15) is 13.2 Å². The summed E-state index contributed by atoms with van der Waals surface area (Å²) >= 11 is 0. The van der Waals surface area contributed by atoms with Gasteiger partial charge in [0.05, 0.1) is 18.4 Å². The van der Waals surface area contributed by atoms with Crippen LogP contribution in [0.2, 0.25) is 0 Å². The molecule has 3 aliphatic rings. The van der Waals surface area contributed by atoms with Gasteiger partial charge in [-0.1, -0.05) is 5.92 Å². The molecule has 11 heteroatoms. The Labute approximate surface area is 176 Å². The van der Waals surface area contributed by atoms with Crippen LogP contribution in [0.25, 0.3) is 11.2 Å². The molecule has 8 nitrogen and oxygen atoms in total. The number of aromatic nitrogens is 4. The van der Waals surface area contributed by atoms with E-state index in [1.54, 1.807) is 10.9 Å². The van der Waals surface area contributed by atoms with Crippen molar-refractivity contribution in [2.75, 3.05) is 5.32 Å². The fourth-order valence-electron chi connectivity index (χ4n) is 4.61. The van der Waals surface area contributed by atoms with Crippen LogP contribution in [0.4, 0.5) is 19.1 Å². The zero-order chi connectivity index (χ0) is 22.0. The quantitative estimate of drug-likeness (QED) is 0.739. The van der Waals surface area contributed by atoms with Gasteiger partial charge in [-0.05, 0) is 33.1 Å². The van der Waals surface area contributed by atoms with E-state index in [4.69, 9.17) is 20.6 Å². The lowest BCUT2D eigenvalue weighted by molar-refractivity contribution is -0.190. The molecule has 0 spiro atoms. The van der Waals surface area contributed by atoms with Gasteiger partial charge in [0.2, 0.25) is 5.95 Å². The van der Waals surface area contributed by atoms with Crippen molar-refractivity contribution in [3.63, 3.8) is 0 Å². The zero-order valence-electron chi connectivity index (χ0n) is 17.0. The fraction of sp³-hybridized carbons (Fsp3) is 0.650. The van der Waals surface area contributed by atoms with Crippen LogP contribution in [-0.2, 0) is 14.2 Å². The highest BCUT2D eigenvalue weighted by Gasteiger charge is 2.55. The number of anilines is 1. The summed E-state index contributed by atoms with van der Waals surface area (Å²) in [6.07, 6.45) is 2.94. The largest absolute Gasteiger partial charge is 0.391 e.